The fourth-order valence-electron chi connectivity index (χ4n) is 3.38. The Balaban J connectivity index is 2.09. The van der Waals surface area contributed by atoms with Gasteiger partial charge in [0.05, 0.1) is 35.4 Å². The number of likely N-dealkylation sites (N-methyl/N-ethyl adjacent to an activating group) is 1. The van der Waals surface area contributed by atoms with Gasteiger partial charge in [0.2, 0.25) is 10.0 Å². The van der Waals surface area contributed by atoms with Crippen LogP contribution in [0.15, 0.2) is 41.6 Å². The first-order valence-corrected chi connectivity index (χ1v) is 10.0. The Labute approximate surface area is 159 Å². The van der Waals surface area contributed by atoms with Gasteiger partial charge in [0.25, 0.3) is 0 Å². The van der Waals surface area contributed by atoms with Gasteiger partial charge in [-0.3, -0.25) is 4.68 Å². The Morgan fingerprint density at radius 2 is 2.11 bits per heavy atom. The van der Waals surface area contributed by atoms with Crippen LogP contribution >= 0.6 is 0 Å². The van der Waals surface area contributed by atoms with Crippen LogP contribution in [0, 0.1) is 11.3 Å². The molecule has 0 amide bonds. The van der Waals surface area contributed by atoms with Crippen molar-refractivity contribution in [3.63, 3.8) is 0 Å². The quantitative estimate of drug-likeness (QED) is 0.757. The van der Waals surface area contributed by atoms with Crippen LogP contribution in [-0.2, 0) is 21.8 Å². The summed E-state index contributed by atoms with van der Waals surface area (Å²) in [5.41, 5.74) is 0.903. The highest BCUT2D eigenvalue weighted by Gasteiger charge is 2.42. The van der Waals surface area contributed by atoms with Gasteiger partial charge in [-0.1, -0.05) is 12.1 Å². The maximum Gasteiger partial charge on any atom is 0.245 e. The van der Waals surface area contributed by atoms with Gasteiger partial charge < -0.3 is 9.64 Å². The summed E-state index contributed by atoms with van der Waals surface area (Å²) < 4.78 is 36.0. The molecule has 144 valence electrons. The van der Waals surface area contributed by atoms with E-state index in [0.29, 0.717) is 13.2 Å². The largest absolute Gasteiger partial charge is 0.373 e. The molecule has 1 aliphatic heterocycles. The number of hydrogen-bond donors (Lipinski definition) is 0. The summed E-state index contributed by atoms with van der Waals surface area (Å²) in [4.78, 5) is 1.99. The van der Waals surface area contributed by atoms with E-state index in [1.165, 1.54) is 16.4 Å². The van der Waals surface area contributed by atoms with Crippen LogP contribution in [-0.4, -0.2) is 67.3 Å². The van der Waals surface area contributed by atoms with Crippen molar-refractivity contribution in [1.29, 1.82) is 5.26 Å². The van der Waals surface area contributed by atoms with E-state index in [1.54, 1.807) is 36.3 Å². The predicted molar refractivity (Wildman–Crippen MR) is 99.3 cm³/mol. The molecule has 27 heavy (non-hydrogen) atoms. The lowest BCUT2D eigenvalue weighted by molar-refractivity contribution is -0.0514. The van der Waals surface area contributed by atoms with E-state index in [0.717, 1.165) is 5.56 Å². The van der Waals surface area contributed by atoms with Crippen LogP contribution in [0.2, 0.25) is 0 Å². The third-order valence-electron chi connectivity index (χ3n) is 4.51. The Hall–Kier alpha value is -2.25. The summed E-state index contributed by atoms with van der Waals surface area (Å²) in [6.07, 6.45) is 3.13. The number of ether oxygens (including phenoxy) is 1. The maximum absolute atomic E-state index is 13.5. The standard InChI is InChI=1S/C18H23N5O3S/c1-21(2)13-16-18(15-11-20-22(3)12-15)23(8-9-26-16)27(24,25)17-7-5-4-6-14(17)10-19/h4-7,11-12,16,18H,8-9,13H2,1-3H3/t16-,18-/m0/s1. The SMILES string of the molecule is CN(C)C[C@@H]1OCCN(S(=O)(=O)c2ccccc2C#N)[C@H]1c1cnn(C)c1. The molecule has 0 N–H and O–H groups in total. The molecule has 0 aliphatic carbocycles. The molecule has 1 aliphatic rings. The third kappa shape index (κ3) is 3.89. The lowest BCUT2D eigenvalue weighted by atomic mass is 10.0. The van der Waals surface area contributed by atoms with Crippen LogP contribution in [0.5, 0.6) is 0 Å². The predicted octanol–water partition coefficient (Wildman–Crippen LogP) is 0.984. The minimum Gasteiger partial charge on any atom is -0.373 e. The van der Waals surface area contributed by atoms with Crippen molar-refractivity contribution in [2.24, 2.45) is 7.05 Å². The smallest absolute Gasteiger partial charge is 0.245 e. The molecule has 8 nitrogen and oxygen atoms in total. The molecule has 3 rings (SSSR count). The van der Waals surface area contributed by atoms with Crippen molar-refractivity contribution in [3.8, 4) is 6.07 Å². The molecule has 0 radical (unpaired) electrons. The summed E-state index contributed by atoms with van der Waals surface area (Å²) in [7, 11) is 1.74. The fraction of sp³-hybridized carbons (Fsp3) is 0.444. The zero-order valence-corrected chi connectivity index (χ0v) is 16.4. The van der Waals surface area contributed by atoms with Gasteiger partial charge in [0.1, 0.15) is 6.07 Å². The average Bonchev–Trinajstić information content (AvgIpc) is 3.07. The topological polar surface area (TPSA) is 91.5 Å². The molecule has 2 heterocycles. The normalized spacial score (nSPS) is 21.3. The van der Waals surface area contributed by atoms with Gasteiger partial charge in [-0.25, -0.2) is 8.42 Å². The highest BCUT2D eigenvalue weighted by atomic mass is 32.2. The van der Waals surface area contributed by atoms with Crippen LogP contribution in [0.25, 0.3) is 0 Å². The van der Waals surface area contributed by atoms with Crippen LogP contribution in [0.4, 0.5) is 0 Å². The number of benzene rings is 1. The molecule has 9 heteroatoms. The molecular weight excluding hydrogens is 366 g/mol. The number of hydrogen-bond acceptors (Lipinski definition) is 6. The highest BCUT2D eigenvalue weighted by molar-refractivity contribution is 7.89. The summed E-state index contributed by atoms with van der Waals surface area (Å²) >= 11 is 0. The molecule has 0 bridgehead atoms. The molecule has 2 aromatic rings. The fourth-order valence-corrected chi connectivity index (χ4v) is 5.14. The van der Waals surface area contributed by atoms with Crippen LogP contribution in [0.1, 0.15) is 17.2 Å². The molecule has 2 atom stereocenters. The summed E-state index contributed by atoms with van der Waals surface area (Å²) in [5, 5.41) is 13.6. The Kier molecular flexibility index (Phi) is 5.62. The number of aryl methyl sites for hydroxylation is 1. The number of nitriles is 1. The van der Waals surface area contributed by atoms with Gasteiger partial charge in [0, 0.05) is 31.9 Å². The van der Waals surface area contributed by atoms with Crippen LogP contribution in [0.3, 0.4) is 0 Å². The lowest BCUT2D eigenvalue weighted by Crippen LogP contribution is -2.51. The minimum absolute atomic E-state index is 0.0203. The number of nitrogens with zero attached hydrogens (tertiary/aromatic N) is 5. The highest BCUT2D eigenvalue weighted by Crippen LogP contribution is 2.35. The first kappa shape index (κ1) is 19.5. The molecule has 1 saturated heterocycles. The first-order valence-electron chi connectivity index (χ1n) is 8.60. The summed E-state index contributed by atoms with van der Waals surface area (Å²) in [6.45, 7) is 1.07. The Bertz CT molecular complexity index is 948. The Morgan fingerprint density at radius 3 is 2.74 bits per heavy atom. The van der Waals surface area contributed by atoms with Crippen molar-refractivity contribution < 1.29 is 13.2 Å². The molecule has 1 aromatic carbocycles. The van der Waals surface area contributed by atoms with Gasteiger partial charge >= 0.3 is 0 Å². The second-order valence-electron chi connectivity index (χ2n) is 6.79. The number of sulfonamides is 1. The van der Waals surface area contributed by atoms with E-state index in [1.807, 2.05) is 25.1 Å². The van der Waals surface area contributed by atoms with E-state index in [2.05, 4.69) is 5.10 Å². The van der Waals surface area contributed by atoms with Crippen molar-refractivity contribution >= 4 is 10.0 Å². The summed E-state index contributed by atoms with van der Waals surface area (Å²) in [5.74, 6) is 0. The zero-order valence-electron chi connectivity index (χ0n) is 15.6. The van der Waals surface area contributed by atoms with Crippen molar-refractivity contribution in [2.45, 2.75) is 17.0 Å². The van der Waals surface area contributed by atoms with Gasteiger partial charge in [-0.15, -0.1) is 0 Å². The van der Waals surface area contributed by atoms with Crippen LogP contribution < -0.4 is 0 Å². The zero-order chi connectivity index (χ0) is 19.6. The van der Waals surface area contributed by atoms with E-state index in [4.69, 9.17) is 4.74 Å². The third-order valence-corrected chi connectivity index (χ3v) is 6.45. The Morgan fingerprint density at radius 1 is 1.37 bits per heavy atom. The van der Waals surface area contributed by atoms with Crippen molar-refractivity contribution in [3.05, 3.63) is 47.8 Å². The van der Waals surface area contributed by atoms with E-state index >= 15 is 0 Å². The molecular formula is C18H23N5O3S. The van der Waals surface area contributed by atoms with Gasteiger partial charge in [-0.05, 0) is 26.2 Å². The molecule has 0 saturated carbocycles. The second-order valence-corrected chi connectivity index (χ2v) is 8.65. The van der Waals surface area contributed by atoms with Crippen molar-refractivity contribution in [2.75, 3.05) is 33.8 Å². The van der Waals surface area contributed by atoms with Gasteiger partial charge in [-0.2, -0.15) is 14.7 Å². The van der Waals surface area contributed by atoms with Crippen molar-refractivity contribution in [1.82, 2.24) is 19.0 Å². The monoisotopic (exact) mass is 389 g/mol. The molecule has 1 fully saturated rings. The average molecular weight is 389 g/mol. The summed E-state index contributed by atoms with van der Waals surface area (Å²) in [6, 6.07) is 7.74. The number of aromatic nitrogens is 2. The second kappa shape index (κ2) is 7.78. The number of rotatable bonds is 5. The first-order chi connectivity index (χ1) is 12.8. The van der Waals surface area contributed by atoms with E-state index < -0.39 is 16.1 Å². The number of morpholine rings is 1. The van der Waals surface area contributed by atoms with Gasteiger partial charge in [0.15, 0.2) is 0 Å². The maximum atomic E-state index is 13.5. The molecule has 1 aromatic heterocycles. The lowest BCUT2D eigenvalue weighted by Gasteiger charge is -2.40. The minimum atomic E-state index is -3.89. The molecule has 0 spiro atoms. The molecule has 0 unspecified atom stereocenters. The van der Waals surface area contributed by atoms with E-state index in [-0.39, 0.29) is 23.1 Å². The van der Waals surface area contributed by atoms with E-state index in [9.17, 15) is 13.7 Å².